The maximum atomic E-state index is 4.69. The van der Waals surface area contributed by atoms with Gasteiger partial charge in [-0.05, 0) is 36.0 Å². The van der Waals surface area contributed by atoms with Gasteiger partial charge in [-0.25, -0.2) is 0 Å². The number of hydrogen-bond acceptors (Lipinski definition) is 1. The molecule has 1 heteroatoms. The molecule has 0 N–H and O–H groups in total. The fraction of sp³-hybridized carbons (Fsp3) is 1.00. The molecular weight excluding hydrogens is 152 g/mol. The highest BCUT2D eigenvalue weighted by molar-refractivity contribution is 7.81. The van der Waals surface area contributed by atoms with Crippen molar-refractivity contribution >= 4 is 12.6 Å². The van der Waals surface area contributed by atoms with Crippen molar-refractivity contribution in [3.05, 3.63) is 0 Å². The molecule has 0 radical (unpaired) electrons. The summed E-state index contributed by atoms with van der Waals surface area (Å²) in [6, 6.07) is 0. The molecular formula is C10H18S. The van der Waals surface area contributed by atoms with E-state index in [9.17, 15) is 0 Å². The van der Waals surface area contributed by atoms with Gasteiger partial charge in [-0.15, -0.1) is 0 Å². The van der Waals surface area contributed by atoms with Crippen LogP contribution in [-0.4, -0.2) is 5.25 Å². The minimum absolute atomic E-state index is 0.700. The van der Waals surface area contributed by atoms with Crippen molar-refractivity contribution in [1.29, 1.82) is 0 Å². The second kappa shape index (κ2) is 2.42. The quantitative estimate of drug-likeness (QED) is 0.531. The predicted molar refractivity (Wildman–Crippen MR) is 51.9 cm³/mol. The van der Waals surface area contributed by atoms with Crippen molar-refractivity contribution in [3.8, 4) is 0 Å². The van der Waals surface area contributed by atoms with E-state index in [-0.39, 0.29) is 0 Å². The lowest BCUT2D eigenvalue weighted by molar-refractivity contribution is 0.192. The summed E-state index contributed by atoms with van der Waals surface area (Å²) in [7, 11) is 0. The largest absolute Gasteiger partial charge is 0.175 e. The number of thiol groups is 1. The molecule has 6 atom stereocenters. The van der Waals surface area contributed by atoms with Gasteiger partial charge in [0.15, 0.2) is 0 Å². The Labute approximate surface area is 75.2 Å². The molecule has 0 aromatic rings. The van der Waals surface area contributed by atoms with Crippen LogP contribution in [0.2, 0.25) is 0 Å². The molecule has 0 nitrogen and oxygen atoms in total. The van der Waals surface area contributed by atoms with Gasteiger partial charge in [-0.2, -0.15) is 12.6 Å². The van der Waals surface area contributed by atoms with Gasteiger partial charge >= 0.3 is 0 Å². The molecule has 11 heavy (non-hydrogen) atoms. The molecule has 2 rings (SSSR count). The minimum Gasteiger partial charge on any atom is -0.175 e. The topological polar surface area (TPSA) is 0 Å². The molecule has 0 aromatic carbocycles. The van der Waals surface area contributed by atoms with Crippen LogP contribution in [0.5, 0.6) is 0 Å². The highest BCUT2D eigenvalue weighted by Gasteiger charge is 2.53. The predicted octanol–water partition coefficient (Wildman–Crippen LogP) is 2.84. The normalized spacial score (nSPS) is 62.2. The summed E-state index contributed by atoms with van der Waals surface area (Å²) in [5.41, 5.74) is 0. The first kappa shape index (κ1) is 7.97. The number of fused-ring (bicyclic) bond motifs is 1. The molecule has 0 heterocycles. The van der Waals surface area contributed by atoms with Crippen LogP contribution in [0.4, 0.5) is 0 Å². The second-order valence-electron chi connectivity index (χ2n) is 4.63. The highest BCUT2D eigenvalue weighted by Crippen LogP contribution is 2.58. The molecule has 2 saturated carbocycles. The number of rotatable bonds is 0. The van der Waals surface area contributed by atoms with E-state index in [1.54, 1.807) is 0 Å². The van der Waals surface area contributed by atoms with Crippen molar-refractivity contribution in [2.75, 3.05) is 0 Å². The van der Waals surface area contributed by atoms with Crippen molar-refractivity contribution in [1.82, 2.24) is 0 Å². The van der Waals surface area contributed by atoms with Crippen molar-refractivity contribution in [2.45, 2.75) is 32.4 Å². The molecule has 0 spiro atoms. The van der Waals surface area contributed by atoms with E-state index in [4.69, 9.17) is 12.6 Å². The Kier molecular flexibility index (Phi) is 1.75. The van der Waals surface area contributed by atoms with Crippen LogP contribution in [0.15, 0.2) is 0 Å². The molecule has 6 unspecified atom stereocenters. The zero-order valence-corrected chi connectivity index (χ0v) is 8.51. The molecule has 0 bridgehead atoms. The summed E-state index contributed by atoms with van der Waals surface area (Å²) >= 11 is 4.69. The Morgan fingerprint density at radius 3 is 2.18 bits per heavy atom. The van der Waals surface area contributed by atoms with Crippen LogP contribution < -0.4 is 0 Å². The lowest BCUT2D eigenvalue weighted by Gasteiger charge is -2.35. The zero-order chi connectivity index (χ0) is 8.17. The van der Waals surface area contributed by atoms with Gasteiger partial charge in [0.1, 0.15) is 0 Å². The van der Waals surface area contributed by atoms with Crippen molar-refractivity contribution < 1.29 is 0 Å². The van der Waals surface area contributed by atoms with Gasteiger partial charge in [0.05, 0.1) is 0 Å². The van der Waals surface area contributed by atoms with Gasteiger partial charge in [0.2, 0.25) is 0 Å². The van der Waals surface area contributed by atoms with Gasteiger partial charge < -0.3 is 0 Å². The molecule has 2 fully saturated rings. The van der Waals surface area contributed by atoms with Gasteiger partial charge in [-0.3, -0.25) is 0 Å². The SMILES string of the molecule is CC1C(C)C(S)C2CC2C1C. The lowest BCUT2D eigenvalue weighted by atomic mass is 9.74. The maximum absolute atomic E-state index is 4.69. The van der Waals surface area contributed by atoms with E-state index in [2.05, 4.69) is 20.8 Å². The molecule has 64 valence electrons. The third-order valence-electron chi connectivity index (χ3n) is 4.20. The van der Waals surface area contributed by atoms with Crippen molar-refractivity contribution in [3.63, 3.8) is 0 Å². The Balaban J connectivity index is 2.13. The standard InChI is InChI=1S/C10H18S/c1-5-6(2)8-4-9(8)10(11)7(5)3/h5-11H,4H2,1-3H3. The third-order valence-corrected chi connectivity index (χ3v) is 5.06. The van der Waals surface area contributed by atoms with E-state index in [0.29, 0.717) is 5.25 Å². The summed E-state index contributed by atoms with van der Waals surface area (Å²) in [6.07, 6.45) is 1.46. The highest BCUT2D eigenvalue weighted by atomic mass is 32.1. The minimum atomic E-state index is 0.700. The fourth-order valence-electron chi connectivity index (χ4n) is 2.80. The Morgan fingerprint density at radius 2 is 1.55 bits per heavy atom. The van der Waals surface area contributed by atoms with E-state index in [1.807, 2.05) is 0 Å². The summed E-state index contributed by atoms with van der Waals surface area (Å²) in [4.78, 5) is 0. The first-order valence-electron chi connectivity index (χ1n) is 4.81. The second-order valence-corrected chi connectivity index (χ2v) is 5.23. The Morgan fingerprint density at radius 1 is 0.909 bits per heavy atom. The van der Waals surface area contributed by atoms with Gasteiger partial charge in [-0.1, -0.05) is 20.8 Å². The summed E-state index contributed by atoms with van der Waals surface area (Å²) < 4.78 is 0. The first-order chi connectivity index (χ1) is 5.13. The third kappa shape index (κ3) is 1.04. The van der Waals surface area contributed by atoms with Crippen molar-refractivity contribution in [2.24, 2.45) is 29.6 Å². The van der Waals surface area contributed by atoms with Gasteiger partial charge in [0.25, 0.3) is 0 Å². The average molecular weight is 170 g/mol. The van der Waals surface area contributed by atoms with E-state index < -0.39 is 0 Å². The Bertz CT molecular complexity index is 148. The molecule has 2 aliphatic rings. The van der Waals surface area contributed by atoms with Crippen LogP contribution in [0.1, 0.15) is 27.2 Å². The van der Waals surface area contributed by atoms with Crippen LogP contribution in [0.25, 0.3) is 0 Å². The molecule has 0 aromatic heterocycles. The zero-order valence-electron chi connectivity index (χ0n) is 7.62. The lowest BCUT2D eigenvalue weighted by Crippen LogP contribution is -2.32. The molecule has 0 saturated heterocycles. The monoisotopic (exact) mass is 170 g/mol. The van der Waals surface area contributed by atoms with Gasteiger partial charge in [0, 0.05) is 5.25 Å². The Hall–Kier alpha value is 0.350. The smallest absolute Gasteiger partial charge is 0.00762 e. The number of hydrogen-bond donors (Lipinski definition) is 1. The maximum Gasteiger partial charge on any atom is 0.00762 e. The summed E-state index contributed by atoms with van der Waals surface area (Å²) in [5, 5.41) is 0.700. The first-order valence-corrected chi connectivity index (χ1v) is 5.32. The fourth-order valence-corrected chi connectivity index (χ4v) is 3.42. The van der Waals surface area contributed by atoms with E-state index >= 15 is 0 Å². The summed E-state index contributed by atoms with van der Waals surface area (Å²) in [5.74, 6) is 4.68. The molecule has 0 aliphatic heterocycles. The average Bonchev–Trinajstić information content (AvgIpc) is 2.76. The summed E-state index contributed by atoms with van der Waals surface area (Å²) in [6.45, 7) is 7.19. The van der Waals surface area contributed by atoms with Crippen LogP contribution in [0.3, 0.4) is 0 Å². The van der Waals surface area contributed by atoms with Crippen LogP contribution >= 0.6 is 12.6 Å². The van der Waals surface area contributed by atoms with Crippen LogP contribution in [0, 0.1) is 29.6 Å². The molecule has 2 aliphatic carbocycles. The molecule has 0 amide bonds. The van der Waals surface area contributed by atoms with Crippen LogP contribution in [-0.2, 0) is 0 Å². The van der Waals surface area contributed by atoms with E-state index in [1.165, 1.54) is 6.42 Å². The van der Waals surface area contributed by atoms with E-state index in [0.717, 1.165) is 29.6 Å².